The molecule has 0 bridgehead atoms. The molecule has 1 aromatic rings. The number of nitrogens with zero attached hydrogens (tertiary/aromatic N) is 2. The van der Waals surface area contributed by atoms with Crippen LogP contribution in [0.1, 0.15) is 31.9 Å². The van der Waals surface area contributed by atoms with Crippen LogP contribution in [0, 0.1) is 5.92 Å². The van der Waals surface area contributed by atoms with Crippen LogP contribution >= 0.6 is 0 Å². The van der Waals surface area contributed by atoms with Gasteiger partial charge in [-0.25, -0.2) is 0 Å². The van der Waals surface area contributed by atoms with Crippen molar-refractivity contribution in [1.82, 2.24) is 15.5 Å². The molecule has 27 heavy (non-hydrogen) atoms. The number of hydrogen-bond donors (Lipinski definition) is 2. The van der Waals surface area contributed by atoms with Gasteiger partial charge in [-0.15, -0.1) is 0 Å². The van der Waals surface area contributed by atoms with Crippen molar-refractivity contribution in [2.45, 2.75) is 31.9 Å². The van der Waals surface area contributed by atoms with Crippen LogP contribution in [0.25, 0.3) is 0 Å². The molecule has 2 N–H and O–H groups in total. The minimum atomic E-state index is 0.0600. The molecule has 150 valence electrons. The number of benzene rings is 1. The molecule has 1 aromatic carbocycles. The van der Waals surface area contributed by atoms with E-state index in [1.165, 1.54) is 5.56 Å². The second-order valence-electron chi connectivity index (χ2n) is 7.97. The molecule has 0 spiro atoms. The molecule has 2 unspecified atom stereocenters. The van der Waals surface area contributed by atoms with Gasteiger partial charge in [-0.3, -0.25) is 9.89 Å². The van der Waals surface area contributed by atoms with E-state index in [1.54, 1.807) is 0 Å². The standard InChI is InChI=1S/C21H34N4O2/c1-21(2,25-10-13-26-14-11-25)16-24-20(22-3)23-15-18-9-12-27-19(18)17-7-5-4-6-8-17/h4-8,18-19H,9-16H2,1-3H3,(H2,22,23,24). The predicted molar refractivity (Wildman–Crippen MR) is 109 cm³/mol. The summed E-state index contributed by atoms with van der Waals surface area (Å²) in [6, 6.07) is 10.5. The lowest BCUT2D eigenvalue weighted by Gasteiger charge is -2.41. The molecule has 3 rings (SSSR count). The lowest BCUT2D eigenvalue weighted by Crippen LogP contribution is -2.56. The normalized spacial score (nSPS) is 24.8. The van der Waals surface area contributed by atoms with Gasteiger partial charge in [0.05, 0.1) is 19.3 Å². The Kier molecular flexibility index (Phi) is 7.10. The van der Waals surface area contributed by atoms with E-state index in [1.807, 2.05) is 13.1 Å². The zero-order chi connectivity index (χ0) is 19.1. The lowest BCUT2D eigenvalue weighted by molar-refractivity contribution is -0.00834. The van der Waals surface area contributed by atoms with E-state index in [0.717, 1.165) is 58.4 Å². The minimum absolute atomic E-state index is 0.0600. The fourth-order valence-corrected chi connectivity index (χ4v) is 3.88. The average molecular weight is 375 g/mol. The van der Waals surface area contributed by atoms with E-state index in [2.05, 4.69) is 58.6 Å². The molecule has 0 radical (unpaired) electrons. The summed E-state index contributed by atoms with van der Waals surface area (Å²) < 4.78 is 11.5. The van der Waals surface area contributed by atoms with Gasteiger partial charge in [-0.05, 0) is 25.8 Å². The van der Waals surface area contributed by atoms with Gasteiger partial charge in [0.15, 0.2) is 5.96 Å². The molecule has 0 saturated carbocycles. The van der Waals surface area contributed by atoms with Gasteiger partial charge in [-0.2, -0.15) is 0 Å². The molecular weight excluding hydrogens is 340 g/mol. The van der Waals surface area contributed by atoms with Crippen molar-refractivity contribution in [3.63, 3.8) is 0 Å². The molecule has 0 amide bonds. The number of guanidine groups is 1. The van der Waals surface area contributed by atoms with Crippen molar-refractivity contribution < 1.29 is 9.47 Å². The van der Waals surface area contributed by atoms with E-state index in [9.17, 15) is 0 Å². The van der Waals surface area contributed by atoms with E-state index in [0.29, 0.717) is 5.92 Å². The molecule has 2 atom stereocenters. The Hall–Kier alpha value is -1.63. The highest BCUT2D eigenvalue weighted by atomic mass is 16.5. The maximum absolute atomic E-state index is 5.99. The van der Waals surface area contributed by atoms with E-state index < -0.39 is 0 Å². The van der Waals surface area contributed by atoms with E-state index in [4.69, 9.17) is 9.47 Å². The van der Waals surface area contributed by atoms with Gasteiger partial charge < -0.3 is 20.1 Å². The quantitative estimate of drug-likeness (QED) is 0.589. The Bertz CT molecular complexity index is 599. The first-order chi connectivity index (χ1) is 13.1. The number of aliphatic imine (C=N–C) groups is 1. The topological polar surface area (TPSA) is 58.1 Å². The molecule has 0 aliphatic carbocycles. The fraction of sp³-hybridized carbons (Fsp3) is 0.667. The van der Waals surface area contributed by atoms with Crippen LogP contribution in [0.4, 0.5) is 0 Å². The van der Waals surface area contributed by atoms with Crippen molar-refractivity contribution in [3.8, 4) is 0 Å². The van der Waals surface area contributed by atoms with E-state index >= 15 is 0 Å². The SMILES string of the molecule is CN=C(NCC1CCOC1c1ccccc1)NCC(C)(C)N1CCOCC1. The van der Waals surface area contributed by atoms with Gasteiger partial charge in [0.1, 0.15) is 0 Å². The van der Waals surface area contributed by atoms with Gasteiger partial charge in [0.2, 0.25) is 0 Å². The number of rotatable bonds is 6. The summed E-state index contributed by atoms with van der Waals surface area (Å²) in [4.78, 5) is 6.88. The Morgan fingerprint density at radius 3 is 2.59 bits per heavy atom. The molecule has 2 fully saturated rings. The van der Waals surface area contributed by atoms with Gasteiger partial charge in [-0.1, -0.05) is 30.3 Å². The highest BCUT2D eigenvalue weighted by molar-refractivity contribution is 5.79. The van der Waals surface area contributed by atoms with E-state index in [-0.39, 0.29) is 11.6 Å². The number of nitrogens with one attached hydrogen (secondary N) is 2. The third-order valence-corrected chi connectivity index (χ3v) is 5.65. The monoisotopic (exact) mass is 374 g/mol. The summed E-state index contributed by atoms with van der Waals surface area (Å²) in [5.41, 5.74) is 1.32. The predicted octanol–water partition coefficient (Wildman–Crippen LogP) is 2.04. The maximum Gasteiger partial charge on any atom is 0.191 e. The first-order valence-electron chi connectivity index (χ1n) is 10.0. The first-order valence-corrected chi connectivity index (χ1v) is 10.0. The zero-order valence-corrected chi connectivity index (χ0v) is 16.9. The Balaban J connectivity index is 1.49. The van der Waals surface area contributed by atoms with Crippen LogP contribution in [0.15, 0.2) is 35.3 Å². The largest absolute Gasteiger partial charge is 0.379 e. The van der Waals surface area contributed by atoms with Crippen LogP contribution in [0.5, 0.6) is 0 Å². The van der Waals surface area contributed by atoms with Crippen LogP contribution in [0.2, 0.25) is 0 Å². The third-order valence-electron chi connectivity index (χ3n) is 5.65. The summed E-state index contributed by atoms with van der Waals surface area (Å²) in [6.07, 6.45) is 1.24. The first kappa shape index (κ1) is 20.1. The smallest absolute Gasteiger partial charge is 0.191 e. The van der Waals surface area contributed by atoms with Gasteiger partial charge in [0, 0.05) is 51.3 Å². The maximum atomic E-state index is 5.99. The molecule has 2 aliphatic rings. The lowest BCUT2D eigenvalue weighted by atomic mass is 9.95. The molecule has 2 saturated heterocycles. The molecule has 0 aromatic heterocycles. The van der Waals surface area contributed by atoms with Crippen LogP contribution in [0.3, 0.4) is 0 Å². The van der Waals surface area contributed by atoms with Crippen LogP contribution in [-0.2, 0) is 9.47 Å². The fourth-order valence-electron chi connectivity index (χ4n) is 3.88. The second-order valence-corrected chi connectivity index (χ2v) is 7.97. The average Bonchev–Trinajstić information content (AvgIpc) is 3.18. The summed E-state index contributed by atoms with van der Waals surface area (Å²) in [6.45, 7) is 10.7. The molecule has 6 heteroatoms. The highest BCUT2D eigenvalue weighted by Crippen LogP contribution is 2.33. The molecule has 6 nitrogen and oxygen atoms in total. The van der Waals surface area contributed by atoms with Gasteiger partial charge >= 0.3 is 0 Å². The number of hydrogen-bond acceptors (Lipinski definition) is 4. The van der Waals surface area contributed by atoms with Crippen molar-refractivity contribution in [1.29, 1.82) is 0 Å². The Morgan fingerprint density at radius 1 is 1.15 bits per heavy atom. The minimum Gasteiger partial charge on any atom is -0.379 e. The van der Waals surface area contributed by atoms with Crippen LogP contribution in [-0.4, -0.2) is 69.4 Å². The number of morpholine rings is 1. The zero-order valence-electron chi connectivity index (χ0n) is 16.9. The van der Waals surface area contributed by atoms with Crippen molar-refractivity contribution in [2.75, 3.05) is 53.0 Å². The summed E-state index contributed by atoms with van der Waals surface area (Å²) in [7, 11) is 1.83. The Labute approximate surface area is 163 Å². The van der Waals surface area contributed by atoms with Gasteiger partial charge in [0.25, 0.3) is 0 Å². The summed E-state index contributed by atoms with van der Waals surface area (Å²) >= 11 is 0. The van der Waals surface area contributed by atoms with Crippen LogP contribution < -0.4 is 10.6 Å². The van der Waals surface area contributed by atoms with Crippen molar-refractivity contribution in [3.05, 3.63) is 35.9 Å². The summed E-state index contributed by atoms with van der Waals surface area (Å²) in [5.74, 6) is 1.31. The second kappa shape index (κ2) is 9.53. The van der Waals surface area contributed by atoms with Crippen molar-refractivity contribution >= 4 is 5.96 Å². The third kappa shape index (κ3) is 5.43. The number of ether oxygens (including phenoxy) is 2. The highest BCUT2D eigenvalue weighted by Gasteiger charge is 2.30. The Morgan fingerprint density at radius 2 is 1.89 bits per heavy atom. The molecule has 2 aliphatic heterocycles. The van der Waals surface area contributed by atoms with Crippen molar-refractivity contribution in [2.24, 2.45) is 10.9 Å². The molecular formula is C21H34N4O2. The molecule has 2 heterocycles. The summed E-state index contributed by atoms with van der Waals surface area (Å²) in [5, 5.41) is 7.00.